The van der Waals surface area contributed by atoms with E-state index in [1.807, 2.05) is 0 Å². The van der Waals surface area contributed by atoms with Crippen molar-refractivity contribution in [2.24, 2.45) is 5.92 Å². The number of alkyl halides is 2. The van der Waals surface area contributed by atoms with E-state index in [-0.39, 0.29) is 17.1 Å². The highest BCUT2D eigenvalue weighted by Crippen LogP contribution is 2.41. The summed E-state index contributed by atoms with van der Waals surface area (Å²) < 4.78 is 41.4. The molecule has 4 rings (SSSR count). The first kappa shape index (κ1) is 18.4. The van der Waals surface area contributed by atoms with Crippen LogP contribution in [-0.2, 0) is 6.54 Å². The Morgan fingerprint density at radius 2 is 2.07 bits per heavy atom. The molecule has 3 aromatic rings. The molecular weight excluding hydrogens is 371 g/mol. The zero-order chi connectivity index (χ0) is 19.8. The molecular formula is C19H18F3N5O. The number of fused-ring (bicyclic) bond motifs is 1. The number of benzene rings is 1. The molecule has 146 valence electrons. The molecule has 1 aromatic carbocycles. The Morgan fingerprint density at radius 1 is 1.29 bits per heavy atom. The zero-order valence-corrected chi connectivity index (χ0v) is 15.1. The van der Waals surface area contributed by atoms with Crippen LogP contribution in [0.1, 0.15) is 40.9 Å². The molecule has 28 heavy (non-hydrogen) atoms. The van der Waals surface area contributed by atoms with E-state index in [1.165, 1.54) is 35.2 Å². The fourth-order valence-electron chi connectivity index (χ4n) is 3.24. The summed E-state index contributed by atoms with van der Waals surface area (Å²) in [6.07, 6.45) is 1.93. The van der Waals surface area contributed by atoms with Gasteiger partial charge in [0, 0.05) is 12.3 Å². The molecule has 0 aliphatic heterocycles. The molecule has 0 spiro atoms. The van der Waals surface area contributed by atoms with E-state index in [0.29, 0.717) is 17.0 Å². The van der Waals surface area contributed by atoms with E-state index >= 15 is 0 Å². The first-order valence-corrected chi connectivity index (χ1v) is 8.95. The molecule has 9 heteroatoms. The van der Waals surface area contributed by atoms with Crippen LogP contribution in [0.4, 0.5) is 13.2 Å². The average molecular weight is 389 g/mol. The van der Waals surface area contributed by atoms with Gasteiger partial charge in [-0.2, -0.15) is 0 Å². The topological polar surface area (TPSA) is 72.7 Å². The number of hydrogen-bond donors (Lipinski definition) is 1. The standard InChI is InChI=1S/C19H18F3N5O/c1-10-7-24-14(8-23-10)19(28)26-17(11-2-3-11)18-25-13-6-12(20)4-5-15(13)27(18)9-16(21)22/h4-8,11,16-17H,2-3,9H2,1H3,(H,26,28)/t17-/m0/s1. The predicted molar refractivity (Wildman–Crippen MR) is 95.4 cm³/mol. The second kappa shape index (κ2) is 7.21. The zero-order valence-electron chi connectivity index (χ0n) is 15.1. The van der Waals surface area contributed by atoms with Crippen LogP contribution in [0.15, 0.2) is 30.6 Å². The van der Waals surface area contributed by atoms with Gasteiger partial charge in [-0.15, -0.1) is 0 Å². The van der Waals surface area contributed by atoms with Crippen molar-refractivity contribution in [3.63, 3.8) is 0 Å². The maximum absolute atomic E-state index is 13.6. The van der Waals surface area contributed by atoms with Crippen molar-refractivity contribution >= 4 is 16.9 Å². The number of nitrogens with one attached hydrogen (secondary N) is 1. The minimum atomic E-state index is -2.61. The van der Waals surface area contributed by atoms with Crippen LogP contribution in [0.25, 0.3) is 11.0 Å². The van der Waals surface area contributed by atoms with Crippen molar-refractivity contribution in [1.82, 2.24) is 24.8 Å². The van der Waals surface area contributed by atoms with Gasteiger partial charge in [0.2, 0.25) is 0 Å². The number of hydrogen-bond acceptors (Lipinski definition) is 4. The molecule has 2 heterocycles. The number of nitrogens with zero attached hydrogens (tertiary/aromatic N) is 4. The Labute approximate surface area is 158 Å². The molecule has 1 aliphatic carbocycles. The largest absolute Gasteiger partial charge is 0.340 e. The number of aryl methyl sites for hydroxylation is 1. The summed E-state index contributed by atoms with van der Waals surface area (Å²) in [5.41, 5.74) is 1.51. The maximum Gasteiger partial charge on any atom is 0.272 e. The van der Waals surface area contributed by atoms with Crippen LogP contribution in [0.2, 0.25) is 0 Å². The number of aromatic nitrogens is 4. The molecule has 0 unspecified atom stereocenters. The molecule has 1 fully saturated rings. The summed E-state index contributed by atoms with van der Waals surface area (Å²) in [5.74, 6) is -0.564. The first-order valence-electron chi connectivity index (χ1n) is 8.95. The van der Waals surface area contributed by atoms with Gasteiger partial charge < -0.3 is 9.88 Å². The van der Waals surface area contributed by atoms with E-state index in [4.69, 9.17) is 0 Å². The predicted octanol–water partition coefficient (Wildman–Crippen LogP) is 3.42. The van der Waals surface area contributed by atoms with Gasteiger partial charge in [-0.05, 0) is 37.8 Å². The van der Waals surface area contributed by atoms with Crippen LogP contribution in [0.5, 0.6) is 0 Å². The summed E-state index contributed by atoms with van der Waals surface area (Å²) in [6.45, 7) is 1.18. The highest BCUT2D eigenvalue weighted by molar-refractivity contribution is 5.92. The number of carbonyl (C=O) groups is 1. The van der Waals surface area contributed by atoms with Gasteiger partial charge in [-0.1, -0.05) is 0 Å². The van der Waals surface area contributed by atoms with Gasteiger partial charge >= 0.3 is 0 Å². The monoisotopic (exact) mass is 389 g/mol. The second-order valence-corrected chi connectivity index (χ2v) is 6.94. The van der Waals surface area contributed by atoms with Gasteiger partial charge in [0.05, 0.1) is 35.5 Å². The number of rotatable bonds is 6. The quantitative estimate of drug-likeness (QED) is 0.701. The van der Waals surface area contributed by atoms with Crippen LogP contribution in [-0.4, -0.2) is 31.9 Å². The lowest BCUT2D eigenvalue weighted by atomic mass is 10.1. The van der Waals surface area contributed by atoms with Crippen LogP contribution >= 0.6 is 0 Å². The molecule has 0 radical (unpaired) electrons. The van der Waals surface area contributed by atoms with Crippen molar-refractivity contribution < 1.29 is 18.0 Å². The Balaban J connectivity index is 1.72. The summed E-state index contributed by atoms with van der Waals surface area (Å²) in [5, 5.41) is 2.86. The summed E-state index contributed by atoms with van der Waals surface area (Å²) >= 11 is 0. The SMILES string of the molecule is Cc1cnc(C(=O)N[C@H](c2nc3cc(F)ccc3n2CC(F)F)C2CC2)cn1. The first-order chi connectivity index (χ1) is 13.4. The summed E-state index contributed by atoms with van der Waals surface area (Å²) in [7, 11) is 0. The Bertz CT molecular complexity index is 1010. The molecule has 0 saturated heterocycles. The van der Waals surface area contributed by atoms with Gasteiger partial charge in [0.15, 0.2) is 0 Å². The smallest absolute Gasteiger partial charge is 0.272 e. The van der Waals surface area contributed by atoms with Gasteiger partial charge in [0.25, 0.3) is 12.3 Å². The number of carbonyl (C=O) groups excluding carboxylic acids is 1. The highest BCUT2D eigenvalue weighted by atomic mass is 19.3. The molecule has 1 atom stereocenters. The van der Waals surface area contributed by atoms with Crippen LogP contribution in [0, 0.1) is 18.7 Å². The molecule has 1 amide bonds. The molecule has 1 N–H and O–H groups in total. The van der Waals surface area contributed by atoms with Crippen LogP contribution < -0.4 is 5.32 Å². The summed E-state index contributed by atoms with van der Waals surface area (Å²) in [4.78, 5) is 25.1. The molecule has 6 nitrogen and oxygen atoms in total. The van der Waals surface area contributed by atoms with Crippen molar-refractivity contribution in [1.29, 1.82) is 0 Å². The second-order valence-electron chi connectivity index (χ2n) is 6.94. The van der Waals surface area contributed by atoms with Gasteiger partial charge in [0.1, 0.15) is 17.3 Å². The van der Waals surface area contributed by atoms with Crippen molar-refractivity contribution in [2.45, 2.75) is 38.8 Å². The van der Waals surface area contributed by atoms with E-state index in [9.17, 15) is 18.0 Å². The van der Waals surface area contributed by atoms with Crippen molar-refractivity contribution in [3.05, 3.63) is 53.6 Å². The number of imidazole rings is 1. The van der Waals surface area contributed by atoms with Crippen molar-refractivity contribution in [3.8, 4) is 0 Å². The fourth-order valence-corrected chi connectivity index (χ4v) is 3.24. The third-order valence-corrected chi connectivity index (χ3v) is 4.73. The van der Waals surface area contributed by atoms with Crippen molar-refractivity contribution in [2.75, 3.05) is 0 Å². The molecule has 1 saturated carbocycles. The van der Waals surface area contributed by atoms with Gasteiger partial charge in [-0.25, -0.2) is 23.1 Å². The Kier molecular flexibility index (Phi) is 4.74. The minimum Gasteiger partial charge on any atom is -0.340 e. The molecule has 1 aliphatic rings. The third kappa shape index (κ3) is 3.69. The number of halogens is 3. The van der Waals surface area contributed by atoms with E-state index in [0.717, 1.165) is 12.8 Å². The van der Waals surface area contributed by atoms with E-state index < -0.39 is 30.7 Å². The lowest BCUT2D eigenvalue weighted by Crippen LogP contribution is -2.33. The van der Waals surface area contributed by atoms with E-state index in [1.54, 1.807) is 6.92 Å². The highest BCUT2D eigenvalue weighted by Gasteiger charge is 2.37. The van der Waals surface area contributed by atoms with E-state index in [2.05, 4.69) is 20.3 Å². The normalized spacial score (nSPS) is 15.2. The Morgan fingerprint density at radius 3 is 2.71 bits per heavy atom. The maximum atomic E-state index is 13.6. The average Bonchev–Trinajstić information content (AvgIpc) is 3.43. The lowest BCUT2D eigenvalue weighted by molar-refractivity contribution is 0.0921. The van der Waals surface area contributed by atoms with Gasteiger partial charge in [-0.3, -0.25) is 9.78 Å². The summed E-state index contributed by atoms with van der Waals surface area (Å²) in [6, 6.07) is 3.28. The fraction of sp³-hybridized carbons (Fsp3) is 0.368. The Hall–Kier alpha value is -2.97. The molecule has 2 aromatic heterocycles. The number of amides is 1. The third-order valence-electron chi connectivity index (χ3n) is 4.73. The molecule has 0 bridgehead atoms. The van der Waals surface area contributed by atoms with Crippen LogP contribution in [0.3, 0.4) is 0 Å². The minimum absolute atomic E-state index is 0.0837. The lowest BCUT2D eigenvalue weighted by Gasteiger charge is -2.19.